The number of fused-ring (bicyclic) bond motifs is 5. The van der Waals surface area contributed by atoms with Crippen LogP contribution in [0.1, 0.15) is 59.8 Å². The van der Waals surface area contributed by atoms with Crippen molar-refractivity contribution in [3.8, 4) is 0 Å². The van der Waals surface area contributed by atoms with Gasteiger partial charge in [0.25, 0.3) is 0 Å². The molecule has 2 bridgehead atoms. The van der Waals surface area contributed by atoms with E-state index in [1.807, 2.05) is 0 Å². The molecule has 19 heavy (non-hydrogen) atoms. The molecule has 0 aromatic carbocycles. The molecule has 0 radical (unpaired) electrons. The first kappa shape index (κ1) is 13.5. The van der Waals surface area contributed by atoms with Gasteiger partial charge in [0, 0.05) is 5.92 Å². The van der Waals surface area contributed by atoms with Crippen LogP contribution in [0.2, 0.25) is 0 Å². The van der Waals surface area contributed by atoms with Crippen molar-refractivity contribution in [2.24, 2.45) is 35.0 Å². The minimum Gasteiger partial charge on any atom is -0.495 e. The van der Waals surface area contributed by atoms with Crippen molar-refractivity contribution in [1.29, 1.82) is 0 Å². The molecule has 3 saturated carbocycles. The standard InChI is InChI=1S/C18H30O/c1-11(18(3,4)5)12(2)19-17-10-13-9-16(17)15-8-6-7-14(13)15/h11,13-17H,2,6-10H2,1,3-5H3. The van der Waals surface area contributed by atoms with E-state index in [0.29, 0.717) is 12.0 Å². The molecule has 108 valence electrons. The van der Waals surface area contributed by atoms with E-state index in [2.05, 4.69) is 34.3 Å². The number of hydrogen-bond acceptors (Lipinski definition) is 1. The lowest BCUT2D eigenvalue weighted by molar-refractivity contribution is 0.00977. The third-order valence-corrected chi connectivity index (χ3v) is 6.45. The van der Waals surface area contributed by atoms with E-state index in [9.17, 15) is 0 Å². The van der Waals surface area contributed by atoms with Gasteiger partial charge in [0.15, 0.2) is 0 Å². The second-order valence-electron chi connectivity index (χ2n) is 8.36. The van der Waals surface area contributed by atoms with Crippen molar-refractivity contribution in [1.82, 2.24) is 0 Å². The summed E-state index contributed by atoms with van der Waals surface area (Å²) in [5.41, 5.74) is 0.255. The zero-order chi connectivity index (χ0) is 13.8. The van der Waals surface area contributed by atoms with Crippen LogP contribution in [0.25, 0.3) is 0 Å². The van der Waals surface area contributed by atoms with Gasteiger partial charge in [-0.2, -0.15) is 0 Å². The first-order chi connectivity index (χ1) is 8.88. The SMILES string of the molecule is C=C(OC1CC2CC1C1CCCC21)C(C)C(C)(C)C. The van der Waals surface area contributed by atoms with E-state index in [1.54, 1.807) is 0 Å². The average Bonchev–Trinajstić information content (AvgIpc) is 2.97. The lowest BCUT2D eigenvalue weighted by atomic mass is 9.79. The first-order valence-corrected chi connectivity index (χ1v) is 8.23. The van der Waals surface area contributed by atoms with Crippen molar-refractivity contribution in [2.75, 3.05) is 0 Å². The Bertz CT molecular complexity index is 364. The molecular weight excluding hydrogens is 232 g/mol. The molecule has 0 heterocycles. The maximum absolute atomic E-state index is 6.35. The van der Waals surface area contributed by atoms with E-state index < -0.39 is 0 Å². The quantitative estimate of drug-likeness (QED) is 0.649. The van der Waals surface area contributed by atoms with Crippen LogP contribution in [0.5, 0.6) is 0 Å². The smallest absolute Gasteiger partial charge is 0.102 e. The Hall–Kier alpha value is -0.460. The van der Waals surface area contributed by atoms with E-state index in [-0.39, 0.29) is 5.41 Å². The van der Waals surface area contributed by atoms with E-state index in [1.165, 1.54) is 32.1 Å². The summed E-state index contributed by atoms with van der Waals surface area (Å²) in [6, 6.07) is 0. The summed E-state index contributed by atoms with van der Waals surface area (Å²) in [5.74, 6) is 5.33. The third-order valence-electron chi connectivity index (χ3n) is 6.45. The van der Waals surface area contributed by atoms with Crippen molar-refractivity contribution in [2.45, 2.75) is 65.9 Å². The molecular formula is C18H30O. The summed E-state index contributed by atoms with van der Waals surface area (Å²) in [7, 11) is 0. The topological polar surface area (TPSA) is 9.23 Å². The van der Waals surface area contributed by atoms with Gasteiger partial charge in [-0.15, -0.1) is 0 Å². The normalized spacial score (nSPS) is 42.2. The number of allylic oxidation sites excluding steroid dienone is 1. The maximum Gasteiger partial charge on any atom is 0.102 e. The molecule has 1 heteroatoms. The van der Waals surface area contributed by atoms with Crippen molar-refractivity contribution < 1.29 is 4.74 Å². The molecule has 6 atom stereocenters. The second kappa shape index (κ2) is 4.53. The van der Waals surface area contributed by atoms with Crippen LogP contribution in [-0.2, 0) is 4.74 Å². The van der Waals surface area contributed by atoms with Crippen LogP contribution < -0.4 is 0 Å². The highest BCUT2D eigenvalue weighted by Crippen LogP contribution is 2.59. The third kappa shape index (κ3) is 2.23. The molecule has 3 rings (SSSR count). The Labute approximate surface area is 118 Å². The summed E-state index contributed by atoms with van der Waals surface area (Å²) < 4.78 is 6.35. The molecule has 0 spiro atoms. The lowest BCUT2D eigenvalue weighted by Gasteiger charge is -2.36. The summed E-state index contributed by atoms with van der Waals surface area (Å²) in [5, 5.41) is 0. The van der Waals surface area contributed by atoms with Gasteiger partial charge in [-0.3, -0.25) is 0 Å². The van der Waals surface area contributed by atoms with Crippen LogP contribution in [0.15, 0.2) is 12.3 Å². The molecule has 3 aliphatic rings. The molecule has 3 fully saturated rings. The van der Waals surface area contributed by atoms with E-state index in [0.717, 1.165) is 29.4 Å². The van der Waals surface area contributed by atoms with Crippen LogP contribution in [0, 0.1) is 35.0 Å². The fourth-order valence-corrected chi connectivity index (χ4v) is 4.92. The predicted molar refractivity (Wildman–Crippen MR) is 79.7 cm³/mol. The van der Waals surface area contributed by atoms with Gasteiger partial charge in [0.2, 0.25) is 0 Å². The van der Waals surface area contributed by atoms with Gasteiger partial charge in [-0.05, 0) is 54.8 Å². The van der Waals surface area contributed by atoms with Gasteiger partial charge in [0.1, 0.15) is 6.10 Å². The Morgan fingerprint density at radius 3 is 2.47 bits per heavy atom. The van der Waals surface area contributed by atoms with Crippen LogP contribution >= 0.6 is 0 Å². The molecule has 0 N–H and O–H groups in total. The lowest BCUT2D eigenvalue weighted by Crippen LogP contribution is -2.32. The van der Waals surface area contributed by atoms with Gasteiger partial charge in [-0.25, -0.2) is 0 Å². The largest absolute Gasteiger partial charge is 0.495 e. The summed E-state index contributed by atoms with van der Waals surface area (Å²) >= 11 is 0. The zero-order valence-corrected chi connectivity index (χ0v) is 13.1. The molecule has 1 nitrogen and oxygen atoms in total. The van der Waals surface area contributed by atoms with Gasteiger partial charge in [0.05, 0.1) is 5.76 Å². The Balaban J connectivity index is 1.62. The highest BCUT2D eigenvalue weighted by molar-refractivity contribution is 5.06. The highest BCUT2D eigenvalue weighted by Gasteiger charge is 2.54. The first-order valence-electron chi connectivity index (χ1n) is 8.23. The number of hydrogen-bond donors (Lipinski definition) is 0. The Morgan fingerprint density at radius 1 is 1.11 bits per heavy atom. The molecule has 0 amide bonds. The van der Waals surface area contributed by atoms with Gasteiger partial charge in [-0.1, -0.05) is 40.7 Å². The summed E-state index contributed by atoms with van der Waals surface area (Å²) in [4.78, 5) is 0. The molecule has 3 aliphatic carbocycles. The molecule has 0 aliphatic heterocycles. The van der Waals surface area contributed by atoms with Crippen LogP contribution in [0.4, 0.5) is 0 Å². The van der Waals surface area contributed by atoms with Crippen molar-refractivity contribution in [3.05, 3.63) is 12.3 Å². The Kier molecular flexibility index (Phi) is 3.22. The van der Waals surface area contributed by atoms with E-state index in [4.69, 9.17) is 4.74 Å². The van der Waals surface area contributed by atoms with Gasteiger partial charge < -0.3 is 4.74 Å². The van der Waals surface area contributed by atoms with Crippen LogP contribution in [0.3, 0.4) is 0 Å². The summed E-state index contributed by atoms with van der Waals surface area (Å²) in [6.45, 7) is 13.3. The predicted octanol–water partition coefficient (Wildman–Crippen LogP) is 5.02. The average molecular weight is 262 g/mol. The maximum atomic E-state index is 6.35. The highest BCUT2D eigenvalue weighted by atomic mass is 16.5. The monoisotopic (exact) mass is 262 g/mol. The minimum atomic E-state index is 0.255. The molecule has 0 aromatic rings. The fourth-order valence-electron chi connectivity index (χ4n) is 4.92. The fraction of sp³-hybridized carbons (Fsp3) is 0.889. The zero-order valence-electron chi connectivity index (χ0n) is 13.1. The Morgan fingerprint density at radius 2 is 1.79 bits per heavy atom. The second-order valence-corrected chi connectivity index (χ2v) is 8.36. The minimum absolute atomic E-state index is 0.255. The molecule has 0 aromatic heterocycles. The van der Waals surface area contributed by atoms with Gasteiger partial charge >= 0.3 is 0 Å². The molecule has 6 unspecified atom stereocenters. The summed E-state index contributed by atoms with van der Waals surface area (Å²) in [6.07, 6.45) is 7.67. The van der Waals surface area contributed by atoms with Crippen LogP contribution in [-0.4, -0.2) is 6.10 Å². The number of ether oxygens (including phenoxy) is 1. The van der Waals surface area contributed by atoms with Crippen molar-refractivity contribution in [3.63, 3.8) is 0 Å². The van der Waals surface area contributed by atoms with Crippen molar-refractivity contribution >= 4 is 0 Å². The number of rotatable bonds is 3. The molecule has 0 saturated heterocycles. The van der Waals surface area contributed by atoms with E-state index >= 15 is 0 Å².